The second-order valence-corrected chi connectivity index (χ2v) is 4.07. The molecule has 0 saturated heterocycles. The van der Waals surface area contributed by atoms with E-state index in [-0.39, 0.29) is 24.2 Å². The second-order valence-electron chi connectivity index (χ2n) is 4.07. The summed E-state index contributed by atoms with van der Waals surface area (Å²) in [6.45, 7) is 1.85. The zero-order valence-corrected chi connectivity index (χ0v) is 9.98. The largest absolute Gasteiger partial charge is 0.347 e. The number of aromatic amines is 1. The summed E-state index contributed by atoms with van der Waals surface area (Å²) in [5, 5.41) is 2.82. The average molecular weight is 247 g/mol. The van der Waals surface area contributed by atoms with Crippen molar-refractivity contribution in [3.05, 3.63) is 53.9 Å². The smallest absolute Gasteiger partial charge is 0.224 e. The van der Waals surface area contributed by atoms with Crippen molar-refractivity contribution >= 4 is 5.91 Å². The fraction of sp³-hybridized carbons (Fsp3) is 0.231. The molecule has 1 amide bonds. The predicted octanol–water partition coefficient (Wildman–Crippen LogP) is 1.97. The van der Waals surface area contributed by atoms with Crippen LogP contribution in [-0.2, 0) is 11.2 Å². The van der Waals surface area contributed by atoms with Crippen LogP contribution in [0.5, 0.6) is 0 Å². The molecule has 2 N–H and O–H groups in total. The van der Waals surface area contributed by atoms with Crippen molar-refractivity contribution in [3.8, 4) is 0 Å². The maximum Gasteiger partial charge on any atom is 0.224 e. The van der Waals surface area contributed by atoms with E-state index in [0.29, 0.717) is 5.82 Å². The van der Waals surface area contributed by atoms with E-state index in [0.717, 1.165) is 5.56 Å². The van der Waals surface area contributed by atoms with Gasteiger partial charge in [0.1, 0.15) is 11.6 Å². The number of carbonyl (C=O) groups excluding carboxylic acids is 1. The molecule has 0 fully saturated rings. The Labute approximate surface area is 104 Å². The highest BCUT2D eigenvalue weighted by molar-refractivity contribution is 5.78. The molecular weight excluding hydrogens is 233 g/mol. The molecule has 0 bridgehead atoms. The third-order valence-corrected chi connectivity index (χ3v) is 2.58. The minimum absolute atomic E-state index is 0.120. The molecule has 1 aromatic heterocycles. The van der Waals surface area contributed by atoms with Crippen LogP contribution in [0.3, 0.4) is 0 Å². The molecule has 0 saturated carbocycles. The fourth-order valence-corrected chi connectivity index (χ4v) is 1.66. The van der Waals surface area contributed by atoms with Gasteiger partial charge in [-0.1, -0.05) is 12.1 Å². The van der Waals surface area contributed by atoms with Crippen LogP contribution >= 0.6 is 0 Å². The molecule has 2 aromatic rings. The van der Waals surface area contributed by atoms with E-state index in [4.69, 9.17) is 0 Å². The normalized spacial score (nSPS) is 12.1. The van der Waals surface area contributed by atoms with Crippen molar-refractivity contribution in [1.82, 2.24) is 15.3 Å². The highest BCUT2D eigenvalue weighted by atomic mass is 19.1. The molecule has 0 aliphatic carbocycles. The Kier molecular flexibility index (Phi) is 3.72. The highest BCUT2D eigenvalue weighted by Crippen LogP contribution is 2.07. The quantitative estimate of drug-likeness (QED) is 0.867. The monoisotopic (exact) mass is 247 g/mol. The molecule has 5 heteroatoms. The zero-order valence-electron chi connectivity index (χ0n) is 9.98. The van der Waals surface area contributed by atoms with Gasteiger partial charge in [-0.15, -0.1) is 0 Å². The molecule has 4 nitrogen and oxygen atoms in total. The number of nitrogens with zero attached hydrogens (tertiary/aromatic N) is 1. The molecule has 1 atom stereocenters. The van der Waals surface area contributed by atoms with Crippen molar-refractivity contribution in [2.75, 3.05) is 0 Å². The zero-order chi connectivity index (χ0) is 13.0. The van der Waals surface area contributed by atoms with Crippen LogP contribution in [0.4, 0.5) is 4.39 Å². The number of carbonyl (C=O) groups is 1. The van der Waals surface area contributed by atoms with Gasteiger partial charge < -0.3 is 10.3 Å². The SMILES string of the molecule is CC(NC(=O)Cc1ccc(F)cc1)c1ncc[nH]1. The number of H-pyrrole nitrogens is 1. The Hall–Kier alpha value is -2.17. The Morgan fingerprint density at radius 3 is 2.78 bits per heavy atom. The van der Waals surface area contributed by atoms with Gasteiger partial charge in [0.2, 0.25) is 5.91 Å². The van der Waals surface area contributed by atoms with Crippen LogP contribution in [0.15, 0.2) is 36.7 Å². The molecular formula is C13H14FN3O. The van der Waals surface area contributed by atoms with Gasteiger partial charge in [0, 0.05) is 12.4 Å². The van der Waals surface area contributed by atoms with Crippen LogP contribution in [0.2, 0.25) is 0 Å². The van der Waals surface area contributed by atoms with E-state index in [1.807, 2.05) is 6.92 Å². The van der Waals surface area contributed by atoms with Gasteiger partial charge in [-0.3, -0.25) is 4.79 Å². The molecule has 1 heterocycles. The number of nitrogens with one attached hydrogen (secondary N) is 2. The Morgan fingerprint density at radius 1 is 1.44 bits per heavy atom. The molecule has 1 unspecified atom stereocenters. The van der Waals surface area contributed by atoms with Crippen molar-refractivity contribution in [2.45, 2.75) is 19.4 Å². The fourth-order valence-electron chi connectivity index (χ4n) is 1.66. The maximum atomic E-state index is 12.7. The summed E-state index contributed by atoms with van der Waals surface area (Å²) in [6.07, 6.45) is 3.57. The Balaban J connectivity index is 1.91. The first-order valence-corrected chi connectivity index (χ1v) is 5.68. The Bertz CT molecular complexity index is 508. The first kappa shape index (κ1) is 12.3. The summed E-state index contributed by atoms with van der Waals surface area (Å²) < 4.78 is 12.7. The lowest BCUT2D eigenvalue weighted by atomic mass is 10.1. The van der Waals surface area contributed by atoms with Crippen molar-refractivity contribution < 1.29 is 9.18 Å². The highest BCUT2D eigenvalue weighted by Gasteiger charge is 2.11. The third kappa shape index (κ3) is 3.16. The van der Waals surface area contributed by atoms with Crippen molar-refractivity contribution in [3.63, 3.8) is 0 Å². The summed E-state index contributed by atoms with van der Waals surface area (Å²) in [4.78, 5) is 18.8. The van der Waals surface area contributed by atoms with Gasteiger partial charge >= 0.3 is 0 Å². The van der Waals surface area contributed by atoms with Crippen LogP contribution in [-0.4, -0.2) is 15.9 Å². The molecule has 0 aliphatic heterocycles. The molecule has 94 valence electrons. The van der Waals surface area contributed by atoms with Crippen molar-refractivity contribution in [1.29, 1.82) is 0 Å². The summed E-state index contributed by atoms with van der Waals surface area (Å²) >= 11 is 0. The minimum atomic E-state index is -0.303. The van der Waals surface area contributed by atoms with E-state index in [1.54, 1.807) is 24.5 Å². The number of hydrogen-bond donors (Lipinski definition) is 2. The van der Waals surface area contributed by atoms with E-state index >= 15 is 0 Å². The van der Waals surface area contributed by atoms with E-state index < -0.39 is 0 Å². The van der Waals surface area contributed by atoms with Gasteiger partial charge in [0.15, 0.2) is 0 Å². The van der Waals surface area contributed by atoms with Gasteiger partial charge in [-0.2, -0.15) is 0 Å². The number of imidazole rings is 1. The lowest BCUT2D eigenvalue weighted by molar-refractivity contribution is -0.121. The summed E-state index contributed by atoms with van der Waals surface area (Å²) in [6, 6.07) is 5.73. The van der Waals surface area contributed by atoms with Crippen molar-refractivity contribution in [2.24, 2.45) is 0 Å². The molecule has 0 aliphatic rings. The summed E-state index contributed by atoms with van der Waals surface area (Å²) in [5.74, 6) is 0.288. The first-order chi connectivity index (χ1) is 8.65. The van der Waals surface area contributed by atoms with E-state index in [9.17, 15) is 9.18 Å². The summed E-state index contributed by atoms with van der Waals surface area (Å²) in [7, 11) is 0. The molecule has 0 radical (unpaired) electrons. The van der Waals surface area contributed by atoms with E-state index in [1.165, 1.54) is 12.1 Å². The minimum Gasteiger partial charge on any atom is -0.347 e. The maximum absolute atomic E-state index is 12.7. The Morgan fingerprint density at radius 2 is 2.17 bits per heavy atom. The van der Waals surface area contributed by atoms with Gasteiger partial charge in [-0.05, 0) is 24.6 Å². The van der Waals surface area contributed by atoms with Crippen LogP contribution in [0.25, 0.3) is 0 Å². The van der Waals surface area contributed by atoms with Gasteiger partial charge in [0.25, 0.3) is 0 Å². The second kappa shape index (κ2) is 5.44. The third-order valence-electron chi connectivity index (χ3n) is 2.58. The molecule has 2 rings (SSSR count). The lowest BCUT2D eigenvalue weighted by Gasteiger charge is -2.11. The number of hydrogen-bond acceptors (Lipinski definition) is 2. The first-order valence-electron chi connectivity index (χ1n) is 5.68. The van der Waals surface area contributed by atoms with Gasteiger partial charge in [-0.25, -0.2) is 9.37 Å². The average Bonchev–Trinajstić information content (AvgIpc) is 2.85. The van der Waals surface area contributed by atoms with Gasteiger partial charge in [0.05, 0.1) is 12.5 Å². The molecule has 1 aromatic carbocycles. The number of amides is 1. The number of rotatable bonds is 4. The van der Waals surface area contributed by atoms with Crippen LogP contribution in [0, 0.1) is 5.82 Å². The number of benzene rings is 1. The standard InChI is InChI=1S/C13H14FN3O/c1-9(13-15-6-7-16-13)17-12(18)8-10-2-4-11(14)5-3-10/h2-7,9H,8H2,1H3,(H,15,16)(H,17,18). The van der Waals surface area contributed by atoms with E-state index in [2.05, 4.69) is 15.3 Å². The lowest BCUT2D eigenvalue weighted by Crippen LogP contribution is -2.28. The number of halogens is 1. The van der Waals surface area contributed by atoms with Crippen LogP contribution in [0.1, 0.15) is 24.4 Å². The summed E-state index contributed by atoms with van der Waals surface area (Å²) in [5.41, 5.74) is 0.778. The topological polar surface area (TPSA) is 57.8 Å². The van der Waals surface area contributed by atoms with Crippen LogP contribution < -0.4 is 5.32 Å². The molecule has 0 spiro atoms. The predicted molar refractivity (Wildman–Crippen MR) is 65.2 cm³/mol. The molecule has 18 heavy (non-hydrogen) atoms. The number of aromatic nitrogens is 2.